The summed E-state index contributed by atoms with van der Waals surface area (Å²) >= 11 is 0. The van der Waals surface area contributed by atoms with Gasteiger partial charge < -0.3 is 0 Å². The van der Waals surface area contributed by atoms with Crippen molar-refractivity contribution >= 4 is 35.1 Å². The lowest BCUT2D eigenvalue weighted by molar-refractivity contribution is -0.144. The number of anilines is 2. The van der Waals surface area contributed by atoms with Gasteiger partial charge in [-0.25, -0.2) is 9.69 Å². The number of amides is 5. The van der Waals surface area contributed by atoms with E-state index < -0.39 is 30.3 Å². The predicted octanol–water partition coefficient (Wildman–Crippen LogP) is 3.18. The van der Waals surface area contributed by atoms with Crippen molar-refractivity contribution in [2.45, 2.75) is 44.6 Å². The van der Waals surface area contributed by atoms with Crippen molar-refractivity contribution < 1.29 is 19.2 Å². The lowest BCUT2D eigenvalue weighted by Crippen LogP contribution is -2.43. The van der Waals surface area contributed by atoms with Gasteiger partial charge in [0.2, 0.25) is 0 Å². The molecule has 0 spiro atoms. The molecule has 7 heteroatoms. The SMILES string of the molecule is O=C1C(=O)N(C2CCCC2)C(=O)N1CC(=O)N1c2ccccc2CCc2ccccc21. The van der Waals surface area contributed by atoms with Gasteiger partial charge in [-0.2, -0.15) is 0 Å². The Labute approximate surface area is 180 Å². The zero-order valence-electron chi connectivity index (χ0n) is 17.1. The van der Waals surface area contributed by atoms with E-state index in [0.29, 0.717) is 12.8 Å². The van der Waals surface area contributed by atoms with Crippen molar-refractivity contribution in [1.82, 2.24) is 9.80 Å². The molecule has 2 aromatic rings. The Morgan fingerprint density at radius 1 is 0.806 bits per heavy atom. The van der Waals surface area contributed by atoms with E-state index in [1.165, 1.54) is 0 Å². The molecule has 158 valence electrons. The topological polar surface area (TPSA) is 78.0 Å². The van der Waals surface area contributed by atoms with Crippen LogP contribution >= 0.6 is 0 Å². The zero-order chi connectivity index (χ0) is 21.5. The molecule has 0 radical (unpaired) electrons. The third-order valence-electron chi connectivity index (χ3n) is 6.45. The quantitative estimate of drug-likeness (QED) is 0.568. The molecule has 1 aliphatic carbocycles. The fraction of sp³-hybridized carbons (Fsp3) is 0.333. The van der Waals surface area contributed by atoms with Gasteiger partial charge in [0.1, 0.15) is 6.54 Å². The van der Waals surface area contributed by atoms with Crippen LogP contribution in [-0.2, 0) is 27.2 Å². The van der Waals surface area contributed by atoms with Crippen LogP contribution < -0.4 is 4.90 Å². The Morgan fingerprint density at radius 2 is 1.35 bits per heavy atom. The average molecular weight is 417 g/mol. The summed E-state index contributed by atoms with van der Waals surface area (Å²) in [5.74, 6) is -2.15. The molecule has 1 saturated heterocycles. The van der Waals surface area contributed by atoms with Crippen LogP contribution in [0.1, 0.15) is 36.8 Å². The second kappa shape index (κ2) is 7.65. The molecule has 0 bridgehead atoms. The molecule has 1 saturated carbocycles. The summed E-state index contributed by atoms with van der Waals surface area (Å²) in [6.07, 6.45) is 4.84. The first-order valence-corrected chi connectivity index (χ1v) is 10.7. The van der Waals surface area contributed by atoms with Gasteiger partial charge in [0.05, 0.1) is 11.4 Å². The lowest BCUT2D eigenvalue weighted by Gasteiger charge is -2.27. The summed E-state index contributed by atoms with van der Waals surface area (Å²) in [5.41, 5.74) is 3.54. The van der Waals surface area contributed by atoms with E-state index in [9.17, 15) is 19.2 Å². The Kier molecular flexibility index (Phi) is 4.81. The van der Waals surface area contributed by atoms with Crippen LogP contribution in [0.25, 0.3) is 0 Å². The minimum Gasteiger partial charge on any atom is -0.279 e. The average Bonchev–Trinajstić information content (AvgIpc) is 3.32. The van der Waals surface area contributed by atoms with Crippen LogP contribution in [0.4, 0.5) is 16.2 Å². The van der Waals surface area contributed by atoms with Gasteiger partial charge in [-0.15, -0.1) is 0 Å². The monoisotopic (exact) mass is 417 g/mol. The van der Waals surface area contributed by atoms with E-state index in [0.717, 1.165) is 58.0 Å². The van der Waals surface area contributed by atoms with Crippen molar-refractivity contribution in [2.75, 3.05) is 11.4 Å². The van der Waals surface area contributed by atoms with Gasteiger partial charge in [-0.05, 0) is 48.9 Å². The van der Waals surface area contributed by atoms with E-state index in [2.05, 4.69) is 0 Å². The largest absolute Gasteiger partial charge is 0.334 e. The van der Waals surface area contributed by atoms with Crippen molar-refractivity contribution in [1.29, 1.82) is 0 Å². The first-order chi connectivity index (χ1) is 15.1. The highest BCUT2D eigenvalue weighted by molar-refractivity contribution is 6.45. The minimum absolute atomic E-state index is 0.247. The fourth-order valence-electron chi connectivity index (χ4n) is 4.90. The van der Waals surface area contributed by atoms with Crippen LogP contribution in [-0.4, -0.2) is 46.1 Å². The third-order valence-corrected chi connectivity index (χ3v) is 6.45. The zero-order valence-corrected chi connectivity index (χ0v) is 17.1. The van der Waals surface area contributed by atoms with Crippen molar-refractivity contribution in [3.8, 4) is 0 Å². The fourth-order valence-corrected chi connectivity index (χ4v) is 4.90. The summed E-state index contributed by atoms with van der Waals surface area (Å²) in [5, 5.41) is 0. The number of benzene rings is 2. The second-order valence-electron chi connectivity index (χ2n) is 8.27. The van der Waals surface area contributed by atoms with Crippen LogP contribution in [0.3, 0.4) is 0 Å². The molecule has 0 unspecified atom stereocenters. The van der Waals surface area contributed by atoms with Gasteiger partial charge in [-0.1, -0.05) is 49.2 Å². The first kappa shape index (κ1) is 19.5. The number of fused-ring (bicyclic) bond motifs is 2. The van der Waals surface area contributed by atoms with E-state index in [-0.39, 0.29) is 6.04 Å². The van der Waals surface area contributed by atoms with Gasteiger partial charge in [0.15, 0.2) is 0 Å². The van der Waals surface area contributed by atoms with Gasteiger partial charge in [0.25, 0.3) is 5.91 Å². The molecular weight excluding hydrogens is 394 g/mol. The molecule has 5 rings (SSSR count). The highest BCUT2D eigenvalue weighted by Gasteiger charge is 2.49. The standard InChI is InChI=1S/C24H23N3O4/c28-21(15-25-22(29)23(30)26(24(25)31)18-9-3-4-10-18)27-19-11-5-1-7-16(19)13-14-17-8-2-6-12-20(17)27/h1-2,5-8,11-12,18H,3-4,9-10,13-15H2. The molecule has 5 amide bonds. The number of rotatable bonds is 3. The minimum atomic E-state index is -0.915. The smallest absolute Gasteiger partial charge is 0.279 e. The molecule has 0 aromatic heterocycles. The molecule has 2 aliphatic heterocycles. The molecule has 7 nitrogen and oxygen atoms in total. The van der Waals surface area contributed by atoms with Gasteiger partial charge in [0, 0.05) is 6.04 Å². The molecule has 0 N–H and O–H groups in total. The number of hydrogen-bond donors (Lipinski definition) is 0. The number of para-hydroxylation sites is 2. The first-order valence-electron chi connectivity index (χ1n) is 10.7. The molecule has 2 aromatic carbocycles. The second-order valence-corrected chi connectivity index (χ2v) is 8.27. The number of hydrogen-bond acceptors (Lipinski definition) is 4. The number of nitrogens with zero attached hydrogens (tertiary/aromatic N) is 3. The molecule has 3 aliphatic rings. The van der Waals surface area contributed by atoms with Gasteiger partial charge >= 0.3 is 17.8 Å². The van der Waals surface area contributed by atoms with Crippen LogP contribution in [0.2, 0.25) is 0 Å². The van der Waals surface area contributed by atoms with Crippen LogP contribution in [0, 0.1) is 0 Å². The Morgan fingerprint density at radius 3 is 1.94 bits per heavy atom. The van der Waals surface area contributed by atoms with Crippen molar-refractivity contribution in [3.05, 3.63) is 59.7 Å². The molecule has 31 heavy (non-hydrogen) atoms. The number of aryl methyl sites for hydroxylation is 2. The van der Waals surface area contributed by atoms with Crippen molar-refractivity contribution in [3.63, 3.8) is 0 Å². The number of carbonyl (C=O) groups excluding carboxylic acids is 4. The predicted molar refractivity (Wildman–Crippen MR) is 114 cm³/mol. The van der Waals surface area contributed by atoms with Crippen molar-refractivity contribution in [2.24, 2.45) is 0 Å². The van der Waals surface area contributed by atoms with Gasteiger partial charge in [-0.3, -0.25) is 24.2 Å². The highest BCUT2D eigenvalue weighted by Crippen LogP contribution is 2.36. The summed E-state index contributed by atoms with van der Waals surface area (Å²) < 4.78 is 0. The maximum atomic E-state index is 13.5. The van der Waals surface area contributed by atoms with E-state index >= 15 is 0 Å². The molecule has 2 heterocycles. The third kappa shape index (κ3) is 3.21. The summed E-state index contributed by atoms with van der Waals surface area (Å²) in [6.45, 7) is -0.463. The number of urea groups is 1. The summed E-state index contributed by atoms with van der Waals surface area (Å²) in [4.78, 5) is 55.0. The molecule has 2 fully saturated rings. The normalized spacial score (nSPS) is 19.0. The summed E-state index contributed by atoms with van der Waals surface area (Å²) in [7, 11) is 0. The van der Waals surface area contributed by atoms with Crippen LogP contribution in [0.5, 0.6) is 0 Å². The number of carbonyl (C=O) groups is 4. The lowest BCUT2D eigenvalue weighted by atomic mass is 10.0. The maximum Gasteiger partial charge on any atom is 0.334 e. The van der Waals surface area contributed by atoms with Crippen LogP contribution in [0.15, 0.2) is 48.5 Å². The van der Waals surface area contributed by atoms with E-state index in [1.807, 2.05) is 48.5 Å². The maximum absolute atomic E-state index is 13.5. The summed E-state index contributed by atoms with van der Waals surface area (Å²) in [6, 6.07) is 14.4. The Balaban J connectivity index is 1.47. The van der Waals surface area contributed by atoms with E-state index in [4.69, 9.17) is 0 Å². The Hall–Kier alpha value is -3.48. The number of imide groups is 2. The highest BCUT2D eigenvalue weighted by atomic mass is 16.2. The molecule has 0 atom stereocenters. The van der Waals surface area contributed by atoms with E-state index in [1.54, 1.807) is 4.90 Å². The molecular formula is C24H23N3O4. The Bertz CT molecular complexity index is 1040.